The number of hydrogen-bond donors (Lipinski definition) is 1. The largest absolute Gasteiger partial charge is 0.351 e. The summed E-state index contributed by atoms with van der Waals surface area (Å²) in [6, 6.07) is 4.45. The molecule has 2 spiro atoms. The predicted molar refractivity (Wildman–Crippen MR) is 116 cm³/mol. The zero-order chi connectivity index (χ0) is 21.1. The molecule has 0 unspecified atom stereocenters. The van der Waals surface area contributed by atoms with E-state index >= 15 is 0 Å². The molecule has 162 valence electrons. The molecule has 2 aliphatic carbocycles. The van der Waals surface area contributed by atoms with Crippen LogP contribution in [0.4, 0.5) is 0 Å². The van der Waals surface area contributed by atoms with Crippen LogP contribution < -0.4 is 5.32 Å². The molecule has 0 aromatic carbocycles. The van der Waals surface area contributed by atoms with Gasteiger partial charge in [-0.25, -0.2) is 0 Å². The highest BCUT2D eigenvalue weighted by Crippen LogP contribution is 2.56. The van der Waals surface area contributed by atoms with Gasteiger partial charge < -0.3 is 10.2 Å². The quantitative estimate of drug-likeness (QED) is 0.805. The third-order valence-corrected chi connectivity index (χ3v) is 8.42. The van der Waals surface area contributed by atoms with Gasteiger partial charge in [-0.2, -0.15) is 0 Å². The maximum atomic E-state index is 12.9. The Bertz CT molecular complexity index is 849. The minimum atomic E-state index is -0.0514. The van der Waals surface area contributed by atoms with Crippen molar-refractivity contribution in [1.29, 1.82) is 0 Å². The number of pyridine rings is 1. The summed E-state index contributed by atoms with van der Waals surface area (Å²) in [5.74, 6) is 1.18. The lowest BCUT2D eigenvalue weighted by Gasteiger charge is -2.53. The van der Waals surface area contributed by atoms with Gasteiger partial charge in [0.05, 0.1) is 0 Å². The van der Waals surface area contributed by atoms with Gasteiger partial charge in [0.1, 0.15) is 0 Å². The predicted octanol–water partition coefficient (Wildman–Crippen LogP) is 3.92. The highest BCUT2D eigenvalue weighted by molar-refractivity contribution is 5.83. The van der Waals surface area contributed by atoms with Crippen molar-refractivity contribution >= 4 is 11.8 Å². The van der Waals surface area contributed by atoms with Gasteiger partial charge in [0.2, 0.25) is 11.8 Å². The number of hydrogen-bond acceptors (Lipinski definition) is 3. The molecule has 1 aromatic rings. The molecule has 2 saturated heterocycles. The first-order valence-electron chi connectivity index (χ1n) is 11.7. The first kappa shape index (κ1) is 20.0. The summed E-state index contributed by atoms with van der Waals surface area (Å²) in [5.41, 5.74) is 3.15. The summed E-state index contributed by atoms with van der Waals surface area (Å²) in [4.78, 5) is 31.3. The van der Waals surface area contributed by atoms with Gasteiger partial charge >= 0.3 is 0 Å². The monoisotopic (exact) mass is 409 g/mol. The van der Waals surface area contributed by atoms with E-state index < -0.39 is 0 Å². The van der Waals surface area contributed by atoms with Gasteiger partial charge in [-0.3, -0.25) is 14.6 Å². The van der Waals surface area contributed by atoms with Crippen LogP contribution in [0.15, 0.2) is 18.3 Å². The van der Waals surface area contributed by atoms with E-state index in [9.17, 15) is 9.59 Å². The first-order valence-corrected chi connectivity index (χ1v) is 11.7. The Kier molecular flexibility index (Phi) is 4.53. The number of rotatable bonds is 2. The third-order valence-electron chi connectivity index (χ3n) is 8.42. The second kappa shape index (κ2) is 6.80. The van der Waals surface area contributed by atoms with Crippen molar-refractivity contribution < 1.29 is 9.59 Å². The van der Waals surface area contributed by atoms with Crippen molar-refractivity contribution in [3.05, 3.63) is 29.6 Å². The normalized spacial score (nSPS) is 27.6. The Morgan fingerprint density at radius 2 is 1.83 bits per heavy atom. The van der Waals surface area contributed by atoms with Gasteiger partial charge in [-0.15, -0.1) is 0 Å². The van der Waals surface area contributed by atoms with Crippen LogP contribution in [0, 0.1) is 11.3 Å². The molecule has 0 bridgehead atoms. The van der Waals surface area contributed by atoms with E-state index in [4.69, 9.17) is 0 Å². The van der Waals surface area contributed by atoms with Crippen molar-refractivity contribution in [2.24, 2.45) is 11.3 Å². The Hall–Kier alpha value is -1.91. The molecule has 2 aliphatic heterocycles. The molecule has 3 heterocycles. The molecule has 4 aliphatic rings. The standard InChI is InChI=1S/C25H35N3O2/c1-23(2,3)19-5-9-26-20(12-19)17-13-24(14-17)7-10-28(11-8-24)22(30)18-15-25(16-18)6-4-21(29)27-25/h5,9,12,17-18H,4,6-8,10-11,13-16H2,1-3H3,(H,27,29). The molecule has 4 fully saturated rings. The minimum absolute atomic E-state index is 0.0514. The van der Waals surface area contributed by atoms with Crippen molar-refractivity contribution in [2.75, 3.05) is 13.1 Å². The summed E-state index contributed by atoms with van der Waals surface area (Å²) in [7, 11) is 0. The third kappa shape index (κ3) is 3.44. The number of nitrogens with zero attached hydrogens (tertiary/aromatic N) is 2. The second-order valence-electron chi connectivity index (χ2n) is 11.6. The SMILES string of the molecule is CC(C)(C)c1ccnc(C2CC3(CCN(C(=O)C4CC5(CCC(=O)N5)C4)CC3)C2)c1. The smallest absolute Gasteiger partial charge is 0.225 e. The lowest BCUT2D eigenvalue weighted by molar-refractivity contribution is -0.145. The highest BCUT2D eigenvalue weighted by Gasteiger charge is 2.53. The van der Waals surface area contributed by atoms with E-state index in [-0.39, 0.29) is 22.8 Å². The van der Waals surface area contributed by atoms with Gasteiger partial charge in [-0.05, 0) is 73.5 Å². The van der Waals surface area contributed by atoms with E-state index in [0.717, 1.165) is 45.2 Å². The van der Waals surface area contributed by atoms with Crippen LogP contribution in [0.5, 0.6) is 0 Å². The van der Waals surface area contributed by atoms with Crippen LogP contribution in [0.1, 0.15) is 89.3 Å². The molecular weight excluding hydrogens is 374 g/mol. The molecule has 5 rings (SSSR count). The minimum Gasteiger partial charge on any atom is -0.351 e. The van der Waals surface area contributed by atoms with E-state index in [1.165, 1.54) is 24.1 Å². The number of amides is 2. The van der Waals surface area contributed by atoms with Gasteiger partial charge in [-0.1, -0.05) is 20.8 Å². The van der Waals surface area contributed by atoms with Crippen molar-refractivity contribution in [1.82, 2.24) is 15.2 Å². The van der Waals surface area contributed by atoms with Crippen molar-refractivity contribution in [3.63, 3.8) is 0 Å². The van der Waals surface area contributed by atoms with E-state index in [2.05, 4.69) is 48.1 Å². The molecule has 30 heavy (non-hydrogen) atoms. The molecular formula is C25H35N3O2. The van der Waals surface area contributed by atoms with Crippen molar-refractivity contribution in [3.8, 4) is 0 Å². The molecule has 2 amide bonds. The average molecular weight is 410 g/mol. The van der Waals surface area contributed by atoms with E-state index in [0.29, 0.717) is 23.7 Å². The number of carbonyl (C=O) groups excluding carboxylic acids is 2. The van der Waals surface area contributed by atoms with Gasteiger partial charge in [0, 0.05) is 48.8 Å². The molecule has 5 nitrogen and oxygen atoms in total. The number of carbonyl (C=O) groups is 2. The topological polar surface area (TPSA) is 62.3 Å². The average Bonchev–Trinajstić information content (AvgIpc) is 3.06. The van der Waals surface area contributed by atoms with Gasteiger partial charge in [0.25, 0.3) is 0 Å². The molecule has 0 radical (unpaired) electrons. The summed E-state index contributed by atoms with van der Waals surface area (Å²) in [5, 5.41) is 3.10. The maximum Gasteiger partial charge on any atom is 0.225 e. The summed E-state index contributed by atoms with van der Waals surface area (Å²) < 4.78 is 0. The Morgan fingerprint density at radius 1 is 1.13 bits per heavy atom. The molecule has 5 heteroatoms. The van der Waals surface area contributed by atoms with Crippen LogP contribution in [0.25, 0.3) is 0 Å². The fourth-order valence-corrected chi connectivity index (χ4v) is 6.34. The number of nitrogens with one attached hydrogen (secondary N) is 1. The fourth-order valence-electron chi connectivity index (χ4n) is 6.34. The first-order chi connectivity index (χ1) is 14.2. The second-order valence-corrected chi connectivity index (χ2v) is 11.6. The lowest BCUT2D eigenvalue weighted by Crippen LogP contribution is -2.58. The number of piperidine rings is 1. The summed E-state index contributed by atoms with van der Waals surface area (Å²) in [6.07, 6.45) is 9.88. The van der Waals surface area contributed by atoms with E-state index in [1.807, 2.05) is 6.20 Å². The Balaban J connectivity index is 1.12. The zero-order valence-electron chi connectivity index (χ0n) is 18.7. The lowest BCUT2D eigenvalue weighted by atomic mass is 9.56. The van der Waals surface area contributed by atoms with Crippen LogP contribution >= 0.6 is 0 Å². The molecule has 1 N–H and O–H groups in total. The van der Waals surface area contributed by atoms with Crippen LogP contribution in [0.3, 0.4) is 0 Å². The van der Waals surface area contributed by atoms with Crippen LogP contribution in [-0.2, 0) is 15.0 Å². The Labute approximate surface area is 180 Å². The summed E-state index contributed by atoms with van der Waals surface area (Å²) in [6.45, 7) is 8.57. The fraction of sp³-hybridized carbons (Fsp3) is 0.720. The molecule has 1 aromatic heterocycles. The highest BCUT2D eigenvalue weighted by atomic mass is 16.2. The van der Waals surface area contributed by atoms with Crippen LogP contribution in [-0.4, -0.2) is 40.3 Å². The number of aromatic nitrogens is 1. The van der Waals surface area contributed by atoms with Crippen LogP contribution in [0.2, 0.25) is 0 Å². The van der Waals surface area contributed by atoms with Crippen molar-refractivity contribution in [2.45, 2.75) is 89.0 Å². The zero-order valence-corrected chi connectivity index (χ0v) is 18.7. The molecule has 0 atom stereocenters. The van der Waals surface area contributed by atoms with E-state index in [1.54, 1.807) is 0 Å². The Morgan fingerprint density at radius 3 is 2.43 bits per heavy atom. The summed E-state index contributed by atoms with van der Waals surface area (Å²) >= 11 is 0. The molecule has 2 saturated carbocycles. The van der Waals surface area contributed by atoms with Gasteiger partial charge in [0.15, 0.2) is 0 Å². The number of likely N-dealkylation sites (tertiary alicyclic amines) is 1. The maximum absolute atomic E-state index is 12.9.